The molecular weight excluding hydrogens is 184 g/mol. The molecule has 0 aromatic carbocycles. The summed E-state index contributed by atoms with van der Waals surface area (Å²) in [5.74, 6) is 0. The van der Waals surface area contributed by atoms with E-state index >= 15 is 0 Å². The van der Waals surface area contributed by atoms with Gasteiger partial charge in [-0.1, -0.05) is 13.8 Å². The van der Waals surface area contributed by atoms with Crippen molar-refractivity contribution in [3.8, 4) is 0 Å². The molecule has 2 nitrogen and oxygen atoms in total. The van der Waals surface area contributed by atoms with Gasteiger partial charge in [0.05, 0.1) is 0 Å². The van der Waals surface area contributed by atoms with Gasteiger partial charge in [-0.2, -0.15) is 0 Å². The monoisotopic (exact) mass is 210 g/mol. The Labute approximate surface area is 94.4 Å². The lowest BCUT2D eigenvalue weighted by molar-refractivity contribution is 0.118. The van der Waals surface area contributed by atoms with E-state index in [1.165, 1.54) is 32.4 Å². The average molecular weight is 210 g/mol. The first kappa shape index (κ1) is 11.4. The number of nitrogens with one attached hydrogen (secondary N) is 1. The number of nitrogens with zero attached hydrogens (tertiary/aromatic N) is 1. The molecule has 1 saturated heterocycles. The third-order valence-corrected chi connectivity index (χ3v) is 4.04. The van der Waals surface area contributed by atoms with E-state index in [1.807, 2.05) is 0 Å². The second kappa shape index (κ2) is 4.06. The van der Waals surface area contributed by atoms with Crippen molar-refractivity contribution in [3.63, 3.8) is 0 Å². The van der Waals surface area contributed by atoms with E-state index in [0.29, 0.717) is 17.5 Å². The molecular formula is C13H26N2. The highest BCUT2D eigenvalue weighted by Gasteiger charge is 2.36. The third-order valence-electron chi connectivity index (χ3n) is 4.04. The van der Waals surface area contributed by atoms with Gasteiger partial charge < -0.3 is 5.32 Å². The summed E-state index contributed by atoms with van der Waals surface area (Å²) in [5.41, 5.74) is 0.585. The Morgan fingerprint density at radius 2 is 1.73 bits per heavy atom. The minimum Gasteiger partial charge on any atom is -0.309 e. The minimum atomic E-state index is 0.585. The van der Waals surface area contributed by atoms with Crippen molar-refractivity contribution < 1.29 is 0 Å². The zero-order valence-corrected chi connectivity index (χ0v) is 10.7. The Morgan fingerprint density at radius 1 is 1.13 bits per heavy atom. The largest absolute Gasteiger partial charge is 0.309 e. The third kappa shape index (κ3) is 2.73. The normalized spacial score (nSPS) is 42.0. The number of hydrogen-bond acceptors (Lipinski definition) is 2. The van der Waals surface area contributed by atoms with E-state index < -0.39 is 0 Å². The summed E-state index contributed by atoms with van der Waals surface area (Å²) in [5, 5.41) is 3.61. The summed E-state index contributed by atoms with van der Waals surface area (Å²) >= 11 is 0. The van der Waals surface area contributed by atoms with Crippen LogP contribution in [0.4, 0.5) is 0 Å². The average Bonchev–Trinajstić information content (AvgIpc) is 2.44. The van der Waals surface area contributed by atoms with Crippen LogP contribution < -0.4 is 5.32 Å². The van der Waals surface area contributed by atoms with Crippen LogP contribution in [0.2, 0.25) is 0 Å². The molecule has 1 N–H and O–H groups in total. The van der Waals surface area contributed by atoms with Gasteiger partial charge in [0.25, 0.3) is 0 Å². The van der Waals surface area contributed by atoms with E-state index in [-0.39, 0.29) is 0 Å². The first-order chi connectivity index (χ1) is 6.96. The fraction of sp³-hybridized carbons (Fsp3) is 1.00. The summed E-state index contributed by atoms with van der Waals surface area (Å²) in [7, 11) is 0. The lowest BCUT2D eigenvalue weighted by Crippen LogP contribution is -2.56. The van der Waals surface area contributed by atoms with E-state index in [1.54, 1.807) is 0 Å². The van der Waals surface area contributed by atoms with Crippen molar-refractivity contribution >= 4 is 0 Å². The molecule has 2 aliphatic rings. The first-order valence-electron chi connectivity index (χ1n) is 6.46. The van der Waals surface area contributed by atoms with Gasteiger partial charge in [-0.15, -0.1) is 0 Å². The molecule has 0 spiro atoms. The molecule has 0 radical (unpaired) electrons. The van der Waals surface area contributed by atoms with Crippen molar-refractivity contribution in [2.24, 2.45) is 5.41 Å². The zero-order valence-electron chi connectivity index (χ0n) is 10.7. The number of hydrogen-bond donors (Lipinski definition) is 1. The molecule has 15 heavy (non-hydrogen) atoms. The topological polar surface area (TPSA) is 15.3 Å². The van der Waals surface area contributed by atoms with Crippen molar-refractivity contribution in [1.29, 1.82) is 0 Å². The second-order valence-electron chi connectivity index (χ2n) is 6.48. The summed E-state index contributed by atoms with van der Waals surface area (Å²) in [4.78, 5) is 2.72. The van der Waals surface area contributed by atoms with Crippen LogP contribution >= 0.6 is 0 Å². The first-order valence-corrected chi connectivity index (χ1v) is 6.46. The van der Waals surface area contributed by atoms with Crippen LogP contribution in [0.25, 0.3) is 0 Å². The molecule has 3 atom stereocenters. The lowest BCUT2D eigenvalue weighted by Gasteiger charge is -2.40. The summed E-state index contributed by atoms with van der Waals surface area (Å²) in [6.07, 6.45) is 4.21. The van der Waals surface area contributed by atoms with E-state index in [0.717, 1.165) is 6.04 Å². The van der Waals surface area contributed by atoms with Crippen LogP contribution in [0.3, 0.4) is 0 Å². The SMILES string of the molecule is CC1CN(C2CCC(C)(C)C2)CC(C)N1. The number of piperazine rings is 1. The summed E-state index contributed by atoms with van der Waals surface area (Å²) < 4.78 is 0. The summed E-state index contributed by atoms with van der Waals surface area (Å²) in [6, 6.07) is 2.18. The number of rotatable bonds is 1. The Hall–Kier alpha value is -0.0800. The van der Waals surface area contributed by atoms with E-state index in [2.05, 4.69) is 37.9 Å². The van der Waals surface area contributed by atoms with Gasteiger partial charge in [0, 0.05) is 31.2 Å². The van der Waals surface area contributed by atoms with Gasteiger partial charge >= 0.3 is 0 Å². The molecule has 0 amide bonds. The molecule has 2 heteroatoms. The standard InChI is InChI=1S/C13H26N2/c1-10-8-15(9-11(2)14-10)12-5-6-13(3,4)7-12/h10-12,14H,5-9H2,1-4H3. The lowest BCUT2D eigenvalue weighted by atomic mass is 9.91. The maximum atomic E-state index is 3.61. The fourth-order valence-electron chi connectivity index (χ4n) is 3.38. The van der Waals surface area contributed by atoms with Gasteiger partial charge in [0.1, 0.15) is 0 Å². The van der Waals surface area contributed by atoms with Crippen LogP contribution in [-0.4, -0.2) is 36.1 Å². The Balaban J connectivity index is 1.93. The van der Waals surface area contributed by atoms with Gasteiger partial charge in [-0.25, -0.2) is 0 Å². The molecule has 1 aliphatic heterocycles. The van der Waals surface area contributed by atoms with Gasteiger partial charge in [-0.3, -0.25) is 4.90 Å². The van der Waals surface area contributed by atoms with Gasteiger partial charge in [0.2, 0.25) is 0 Å². The Morgan fingerprint density at radius 3 is 2.20 bits per heavy atom. The van der Waals surface area contributed by atoms with Crippen LogP contribution in [0, 0.1) is 5.41 Å². The predicted octanol–water partition coefficient (Wildman–Crippen LogP) is 2.25. The molecule has 3 unspecified atom stereocenters. The maximum Gasteiger partial charge on any atom is 0.0169 e. The van der Waals surface area contributed by atoms with Crippen LogP contribution in [0.1, 0.15) is 47.0 Å². The smallest absolute Gasteiger partial charge is 0.0169 e. The highest BCUT2D eigenvalue weighted by molar-refractivity contribution is 4.92. The Kier molecular flexibility index (Phi) is 3.09. The van der Waals surface area contributed by atoms with E-state index in [4.69, 9.17) is 0 Å². The second-order valence-corrected chi connectivity index (χ2v) is 6.48. The molecule has 1 heterocycles. The van der Waals surface area contributed by atoms with Crippen LogP contribution in [0.5, 0.6) is 0 Å². The van der Waals surface area contributed by atoms with Gasteiger partial charge in [0.15, 0.2) is 0 Å². The molecule has 0 aromatic heterocycles. The van der Waals surface area contributed by atoms with Gasteiger partial charge in [-0.05, 0) is 38.5 Å². The van der Waals surface area contributed by atoms with Crippen molar-refractivity contribution in [1.82, 2.24) is 10.2 Å². The van der Waals surface area contributed by atoms with Crippen LogP contribution in [0.15, 0.2) is 0 Å². The molecule has 1 saturated carbocycles. The highest BCUT2D eigenvalue weighted by Crippen LogP contribution is 2.39. The summed E-state index contributed by atoms with van der Waals surface area (Å²) in [6.45, 7) is 11.9. The molecule has 88 valence electrons. The molecule has 2 fully saturated rings. The minimum absolute atomic E-state index is 0.585. The van der Waals surface area contributed by atoms with Crippen molar-refractivity contribution in [2.45, 2.75) is 65.1 Å². The van der Waals surface area contributed by atoms with Crippen LogP contribution in [-0.2, 0) is 0 Å². The molecule has 0 bridgehead atoms. The fourth-order valence-corrected chi connectivity index (χ4v) is 3.38. The maximum absolute atomic E-state index is 3.61. The quantitative estimate of drug-likeness (QED) is 0.714. The van der Waals surface area contributed by atoms with Crippen molar-refractivity contribution in [2.75, 3.05) is 13.1 Å². The molecule has 0 aromatic rings. The highest BCUT2D eigenvalue weighted by atomic mass is 15.2. The Bertz CT molecular complexity index is 215. The molecule has 2 rings (SSSR count). The zero-order chi connectivity index (χ0) is 11.1. The predicted molar refractivity (Wildman–Crippen MR) is 65.1 cm³/mol. The molecule has 1 aliphatic carbocycles. The van der Waals surface area contributed by atoms with Crippen molar-refractivity contribution in [3.05, 3.63) is 0 Å². The van der Waals surface area contributed by atoms with E-state index in [9.17, 15) is 0 Å².